The Hall–Kier alpha value is -1.28. The van der Waals surface area contributed by atoms with Crippen molar-refractivity contribution in [2.45, 2.75) is 63.1 Å². The van der Waals surface area contributed by atoms with Gasteiger partial charge in [-0.1, -0.05) is 31.2 Å². The third-order valence-corrected chi connectivity index (χ3v) is 7.91. The van der Waals surface area contributed by atoms with Crippen molar-refractivity contribution in [2.24, 2.45) is 17.8 Å². The van der Waals surface area contributed by atoms with Crippen LogP contribution in [0.25, 0.3) is 0 Å². The maximum Gasteiger partial charge on any atom is 0.123 e. The summed E-state index contributed by atoms with van der Waals surface area (Å²) in [7, 11) is 0. The summed E-state index contributed by atoms with van der Waals surface area (Å²) in [5.74, 6) is 3.31. The minimum Gasteiger partial charge on any atom is -0.489 e. The van der Waals surface area contributed by atoms with E-state index in [1.54, 1.807) is 11.1 Å². The lowest BCUT2D eigenvalue weighted by atomic mass is 9.52. The Morgan fingerprint density at radius 2 is 2.12 bits per heavy atom. The van der Waals surface area contributed by atoms with Gasteiger partial charge in [-0.15, -0.1) is 0 Å². The van der Waals surface area contributed by atoms with E-state index >= 15 is 0 Å². The molecule has 0 N–H and O–H groups in total. The zero-order valence-corrected chi connectivity index (χ0v) is 14.7. The summed E-state index contributed by atoms with van der Waals surface area (Å²) in [5, 5.41) is 0. The van der Waals surface area contributed by atoms with E-state index in [2.05, 4.69) is 49.1 Å². The molecule has 0 aromatic heterocycles. The number of hydrogen-bond acceptors (Lipinski definition) is 2. The molecule has 126 valence electrons. The van der Waals surface area contributed by atoms with Crippen molar-refractivity contribution < 1.29 is 4.74 Å². The summed E-state index contributed by atoms with van der Waals surface area (Å²) in [6, 6.07) is 8.24. The Bertz CT molecular complexity index is 735. The standard InChI is InChI=1S/C22H27NO/c1-13-6-9-17-18-12-16-4-3-5-19-20(16)22(17,21(13)24-19)10-11-23(18)14(2)15-7-8-15/h3-6,9,13-15,17-18,21H,7-8,10-12H2,1-2H3. The van der Waals surface area contributed by atoms with Crippen LogP contribution in [0.4, 0.5) is 0 Å². The molecular formula is C22H27NO. The first-order chi connectivity index (χ1) is 11.7. The van der Waals surface area contributed by atoms with Gasteiger partial charge < -0.3 is 4.74 Å². The summed E-state index contributed by atoms with van der Waals surface area (Å²) in [6.45, 7) is 6.09. The van der Waals surface area contributed by atoms with Gasteiger partial charge in [-0.2, -0.15) is 0 Å². The number of likely N-dealkylation sites (tertiary alicyclic amines) is 1. The van der Waals surface area contributed by atoms with E-state index in [0.717, 1.165) is 12.0 Å². The zero-order chi connectivity index (χ0) is 16.1. The van der Waals surface area contributed by atoms with E-state index in [4.69, 9.17) is 4.74 Å². The first-order valence-electron chi connectivity index (χ1n) is 9.93. The molecule has 2 nitrogen and oxygen atoms in total. The summed E-state index contributed by atoms with van der Waals surface area (Å²) in [6.07, 6.45) is 10.7. The van der Waals surface area contributed by atoms with Crippen LogP contribution in [0.2, 0.25) is 0 Å². The highest BCUT2D eigenvalue weighted by Gasteiger charge is 2.63. The van der Waals surface area contributed by atoms with E-state index in [1.807, 2.05) is 0 Å². The Kier molecular flexibility index (Phi) is 2.59. The fourth-order valence-electron chi connectivity index (χ4n) is 6.67. The average molecular weight is 321 g/mol. The molecule has 2 fully saturated rings. The predicted molar refractivity (Wildman–Crippen MR) is 95.3 cm³/mol. The van der Waals surface area contributed by atoms with Gasteiger partial charge in [0.25, 0.3) is 0 Å². The van der Waals surface area contributed by atoms with Crippen LogP contribution in [0.1, 0.15) is 44.2 Å². The highest BCUT2D eigenvalue weighted by Crippen LogP contribution is 2.62. The Labute approximate surface area is 144 Å². The second-order valence-corrected chi connectivity index (χ2v) is 8.98. The van der Waals surface area contributed by atoms with Crippen molar-refractivity contribution in [3.63, 3.8) is 0 Å². The molecule has 0 amide bonds. The van der Waals surface area contributed by atoms with E-state index in [0.29, 0.717) is 24.0 Å². The second kappa shape index (κ2) is 4.46. The number of rotatable bonds is 2. The lowest BCUT2D eigenvalue weighted by Crippen LogP contribution is -2.65. The Balaban J connectivity index is 1.53. The van der Waals surface area contributed by atoms with Gasteiger partial charge in [-0.3, -0.25) is 4.90 Å². The number of piperidine rings is 1. The molecule has 1 aromatic carbocycles. The lowest BCUT2D eigenvalue weighted by molar-refractivity contribution is -0.0412. The molecule has 2 aliphatic heterocycles. The summed E-state index contributed by atoms with van der Waals surface area (Å²) < 4.78 is 6.58. The lowest BCUT2D eigenvalue weighted by Gasteiger charge is -2.58. The van der Waals surface area contributed by atoms with E-state index in [1.165, 1.54) is 38.0 Å². The van der Waals surface area contributed by atoms with Crippen molar-refractivity contribution in [1.82, 2.24) is 4.90 Å². The average Bonchev–Trinajstić information content (AvgIpc) is 3.37. The first kappa shape index (κ1) is 13.9. The van der Waals surface area contributed by atoms with Gasteiger partial charge in [-0.25, -0.2) is 0 Å². The molecular weight excluding hydrogens is 294 g/mol. The van der Waals surface area contributed by atoms with Gasteiger partial charge in [0.2, 0.25) is 0 Å². The highest BCUT2D eigenvalue weighted by molar-refractivity contribution is 5.56. The third-order valence-electron chi connectivity index (χ3n) is 7.91. The molecule has 2 bridgehead atoms. The van der Waals surface area contributed by atoms with Crippen LogP contribution in [-0.2, 0) is 11.8 Å². The fourth-order valence-corrected chi connectivity index (χ4v) is 6.67. The van der Waals surface area contributed by atoms with Crippen molar-refractivity contribution in [2.75, 3.05) is 6.54 Å². The van der Waals surface area contributed by atoms with Crippen molar-refractivity contribution in [3.8, 4) is 5.75 Å². The van der Waals surface area contributed by atoms with Crippen LogP contribution in [-0.4, -0.2) is 29.6 Å². The van der Waals surface area contributed by atoms with E-state index < -0.39 is 0 Å². The highest BCUT2D eigenvalue weighted by atomic mass is 16.5. The molecule has 1 spiro atoms. The quantitative estimate of drug-likeness (QED) is 0.765. The summed E-state index contributed by atoms with van der Waals surface area (Å²) in [4.78, 5) is 2.87. The molecule has 5 aliphatic rings. The maximum absolute atomic E-state index is 6.58. The number of hydrogen-bond donors (Lipinski definition) is 0. The number of ether oxygens (including phenoxy) is 1. The van der Waals surface area contributed by atoms with Gasteiger partial charge in [0.05, 0.1) is 0 Å². The van der Waals surface area contributed by atoms with Crippen LogP contribution >= 0.6 is 0 Å². The topological polar surface area (TPSA) is 12.5 Å². The molecule has 1 saturated heterocycles. The van der Waals surface area contributed by atoms with Crippen molar-refractivity contribution >= 4 is 0 Å². The van der Waals surface area contributed by atoms with Gasteiger partial charge >= 0.3 is 0 Å². The van der Waals surface area contributed by atoms with E-state index in [-0.39, 0.29) is 5.41 Å². The molecule has 1 aromatic rings. The fraction of sp³-hybridized carbons (Fsp3) is 0.636. The minimum atomic E-state index is 0.253. The Morgan fingerprint density at radius 1 is 1.25 bits per heavy atom. The molecule has 2 heterocycles. The number of benzene rings is 1. The van der Waals surface area contributed by atoms with E-state index in [9.17, 15) is 0 Å². The van der Waals surface area contributed by atoms with Gasteiger partial charge in [0.1, 0.15) is 11.9 Å². The smallest absolute Gasteiger partial charge is 0.123 e. The molecule has 2 heteroatoms. The van der Waals surface area contributed by atoms with Crippen LogP contribution < -0.4 is 4.74 Å². The number of nitrogens with zero attached hydrogens (tertiary/aromatic N) is 1. The van der Waals surface area contributed by atoms with Crippen molar-refractivity contribution in [1.29, 1.82) is 0 Å². The maximum atomic E-state index is 6.58. The monoisotopic (exact) mass is 321 g/mol. The van der Waals surface area contributed by atoms with Gasteiger partial charge in [0.15, 0.2) is 0 Å². The van der Waals surface area contributed by atoms with Crippen LogP contribution in [0.5, 0.6) is 5.75 Å². The predicted octanol–water partition coefficient (Wildman–Crippen LogP) is 3.94. The van der Waals surface area contributed by atoms with Crippen LogP contribution in [0.3, 0.4) is 0 Å². The molecule has 6 unspecified atom stereocenters. The van der Waals surface area contributed by atoms with Crippen LogP contribution in [0, 0.1) is 17.8 Å². The molecule has 6 rings (SSSR count). The van der Waals surface area contributed by atoms with Crippen LogP contribution in [0.15, 0.2) is 30.4 Å². The molecule has 24 heavy (non-hydrogen) atoms. The second-order valence-electron chi connectivity index (χ2n) is 8.98. The molecule has 1 saturated carbocycles. The molecule has 3 aliphatic carbocycles. The molecule has 6 atom stereocenters. The first-order valence-corrected chi connectivity index (χ1v) is 9.93. The van der Waals surface area contributed by atoms with Crippen molar-refractivity contribution in [3.05, 3.63) is 41.5 Å². The molecule has 0 radical (unpaired) electrons. The Morgan fingerprint density at radius 3 is 2.96 bits per heavy atom. The summed E-state index contributed by atoms with van der Waals surface area (Å²) >= 11 is 0. The summed E-state index contributed by atoms with van der Waals surface area (Å²) in [5.41, 5.74) is 3.42. The van der Waals surface area contributed by atoms with Gasteiger partial charge in [0, 0.05) is 34.9 Å². The SMILES string of the molecule is CC1C=CC2C3Cc4cccc5c4C2(CCN3C(C)C2CC2)C1O5. The minimum absolute atomic E-state index is 0.253. The normalized spacial score (nSPS) is 43.2. The third kappa shape index (κ3) is 1.52. The largest absolute Gasteiger partial charge is 0.489 e. The van der Waals surface area contributed by atoms with Gasteiger partial charge in [-0.05, 0) is 56.7 Å². The zero-order valence-electron chi connectivity index (χ0n) is 14.7.